The molecule has 86 valence electrons. The van der Waals surface area contributed by atoms with Crippen molar-refractivity contribution in [2.45, 2.75) is 32.6 Å². The molecule has 0 atom stereocenters. The average molecular weight is 220 g/mol. The summed E-state index contributed by atoms with van der Waals surface area (Å²) in [5, 5.41) is 0. The van der Waals surface area contributed by atoms with Gasteiger partial charge < -0.3 is 4.74 Å². The number of ether oxygens (including phenoxy) is 1. The molecule has 0 amide bonds. The maximum absolute atomic E-state index is 10.8. The molecule has 1 fully saturated rings. The Morgan fingerprint density at radius 1 is 1.56 bits per heavy atom. The Labute approximate surface area is 95.1 Å². The van der Waals surface area contributed by atoms with E-state index < -0.39 is 0 Å². The Balaban J connectivity index is 2.17. The van der Waals surface area contributed by atoms with Crippen LogP contribution in [0.15, 0.2) is 6.20 Å². The third-order valence-corrected chi connectivity index (χ3v) is 2.42. The largest absolute Gasteiger partial charge is 0.477 e. The maximum Gasteiger partial charge on any atom is 0.227 e. The number of rotatable bonds is 5. The van der Waals surface area contributed by atoms with Crippen molar-refractivity contribution in [1.82, 2.24) is 9.97 Å². The molecule has 1 aromatic heterocycles. The molecule has 4 nitrogen and oxygen atoms in total. The Bertz CT molecular complexity index is 387. The number of carbonyl (C=O) groups is 1. The van der Waals surface area contributed by atoms with Gasteiger partial charge in [0.05, 0.1) is 12.2 Å². The Morgan fingerprint density at radius 3 is 2.88 bits per heavy atom. The third kappa shape index (κ3) is 2.56. The standard InChI is InChI=1S/C12H16N2O2/c1-8(2)7-16-12-10(6-15)5-13-11(14-12)9-3-4-9/h5-6,8-9H,3-4,7H2,1-2H3. The summed E-state index contributed by atoms with van der Waals surface area (Å²) < 4.78 is 5.53. The molecular weight excluding hydrogens is 204 g/mol. The summed E-state index contributed by atoms with van der Waals surface area (Å²) in [5.74, 6) is 2.13. The lowest BCUT2D eigenvalue weighted by atomic mass is 10.2. The first-order valence-corrected chi connectivity index (χ1v) is 5.65. The minimum absolute atomic E-state index is 0.416. The first-order valence-electron chi connectivity index (χ1n) is 5.65. The van der Waals surface area contributed by atoms with Crippen LogP contribution in [-0.2, 0) is 0 Å². The smallest absolute Gasteiger partial charge is 0.227 e. The van der Waals surface area contributed by atoms with E-state index in [0.717, 1.165) is 25.0 Å². The molecule has 0 unspecified atom stereocenters. The lowest BCUT2D eigenvalue weighted by molar-refractivity contribution is 0.111. The van der Waals surface area contributed by atoms with Gasteiger partial charge in [-0.25, -0.2) is 4.98 Å². The van der Waals surface area contributed by atoms with Crippen LogP contribution in [0.2, 0.25) is 0 Å². The molecule has 0 saturated heterocycles. The highest BCUT2D eigenvalue weighted by atomic mass is 16.5. The van der Waals surface area contributed by atoms with Crippen molar-refractivity contribution in [3.8, 4) is 5.88 Å². The fourth-order valence-electron chi connectivity index (χ4n) is 1.37. The molecule has 4 heteroatoms. The molecule has 0 N–H and O–H groups in total. The van der Waals surface area contributed by atoms with E-state index in [4.69, 9.17) is 4.74 Å². The summed E-state index contributed by atoms with van der Waals surface area (Å²) >= 11 is 0. The summed E-state index contributed by atoms with van der Waals surface area (Å²) in [6.45, 7) is 4.69. The van der Waals surface area contributed by atoms with E-state index in [-0.39, 0.29) is 0 Å². The minimum atomic E-state index is 0.416. The summed E-state index contributed by atoms with van der Waals surface area (Å²) in [6, 6.07) is 0. The number of aromatic nitrogens is 2. The molecule has 1 aliphatic carbocycles. The van der Waals surface area contributed by atoms with E-state index in [0.29, 0.717) is 29.9 Å². The summed E-state index contributed by atoms with van der Waals surface area (Å²) in [6.07, 6.45) is 4.59. The highest BCUT2D eigenvalue weighted by molar-refractivity contribution is 5.77. The second kappa shape index (κ2) is 4.60. The fraction of sp³-hybridized carbons (Fsp3) is 0.583. The SMILES string of the molecule is CC(C)COc1nc(C2CC2)ncc1C=O. The van der Waals surface area contributed by atoms with Gasteiger partial charge in [0.15, 0.2) is 6.29 Å². The molecule has 1 saturated carbocycles. The lowest BCUT2D eigenvalue weighted by Crippen LogP contribution is -2.09. The Kier molecular flexibility index (Phi) is 3.17. The zero-order valence-corrected chi connectivity index (χ0v) is 9.64. The second-order valence-corrected chi connectivity index (χ2v) is 4.59. The average Bonchev–Trinajstić information content (AvgIpc) is 3.09. The van der Waals surface area contributed by atoms with Crippen LogP contribution < -0.4 is 4.74 Å². The van der Waals surface area contributed by atoms with Gasteiger partial charge in [-0.2, -0.15) is 4.98 Å². The van der Waals surface area contributed by atoms with Gasteiger partial charge in [0.2, 0.25) is 5.88 Å². The molecule has 16 heavy (non-hydrogen) atoms. The number of nitrogens with zero attached hydrogens (tertiary/aromatic N) is 2. The van der Waals surface area contributed by atoms with Crippen molar-refractivity contribution >= 4 is 6.29 Å². The maximum atomic E-state index is 10.8. The van der Waals surface area contributed by atoms with Crippen molar-refractivity contribution in [3.05, 3.63) is 17.6 Å². The van der Waals surface area contributed by atoms with Crippen LogP contribution in [0, 0.1) is 5.92 Å². The monoisotopic (exact) mass is 220 g/mol. The molecule has 0 spiro atoms. The molecule has 0 aliphatic heterocycles. The minimum Gasteiger partial charge on any atom is -0.477 e. The number of hydrogen-bond donors (Lipinski definition) is 0. The summed E-state index contributed by atoms with van der Waals surface area (Å²) in [4.78, 5) is 19.3. The lowest BCUT2D eigenvalue weighted by Gasteiger charge is -2.10. The summed E-state index contributed by atoms with van der Waals surface area (Å²) in [5.41, 5.74) is 0.435. The van der Waals surface area contributed by atoms with E-state index in [9.17, 15) is 4.79 Å². The van der Waals surface area contributed by atoms with Crippen LogP contribution in [0.25, 0.3) is 0 Å². The van der Waals surface area contributed by atoms with Crippen molar-refractivity contribution in [2.75, 3.05) is 6.61 Å². The molecule has 1 heterocycles. The molecular formula is C12H16N2O2. The van der Waals surface area contributed by atoms with E-state index in [2.05, 4.69) is 23.8 Å². The van der Waals surface area contributed by atoms with Gasteiger partial charge in [-0.1, -0.05) is 13.8 Å². The van der Waals surface area contributed by atoms with Crippen LogP contribution in [-0.4, -0.2) is 22.9 Å². The fourth-order valence-corrected chi connectivity index (χ4v) is 1.37. The van der Waals surface area contributed by atoms with Crippen LogP contribution >= 0.6 is 0 Å². The van der Waals surface area contributed by atoms with Crippen LogP contribution in [0.5, 0.6) is 5.88 Å². The van der Waals surface area contributed by atoms with Crippen molar-refractivity contribution in [1.29, 1.82) is 0 Å². The highest BCUT2D eigenvalue weighted by Gasteiger charge is 2.27. The quantitative estimate of drug-likeness (QED) is 0.714. The molecule has 0 bridgehead atoms. The summed E-state index contributed by atoms with van der Waals surface area (Å²) in [7, 11) is 0. The van der Waals surface area contributed by atoms with Crippen molar-refractivity contribution in [3.63, 3.8) is 0 Å². The van der Waals surface area contributed by atoms with Gasteiger partial charge in [0.25, 0.3) is 0 Å². The number of hydrogen-bond acceptors (Lipinski definition) is 4. The van der Waals surface area contributed by atoms with Gasteiger partial charge in [-0.15, -0.1) is 0 Å². The number of carbonyl (C=O) groups excluding carboxylic acids is 1. The molecule has 1 aliphatic rings. The second-order valence-electron chi connectivity index (χ2n) is 4.59. The molecule has 0 radical (unpaired) electrons. The van der Waals surface area contributed by atoms with Gasteiger partial charge in [0.1, 0.15) is 5.82 Å². The Morgan fingerprint density at radius 2 is 2.31 bits per heavy atom. The molecule has 0 aromatic carbocycles. The predicted octanol–water partition coefficient (Wildman–Crippen LogP) is 2.20. The van der Waals surface area contributed by atoms with Crippen molar-refractivity contribution < 1.29 is 9.53 Å². The van der Waals surface area contributed by atoms with E-state index in [1.165, 1.54) is 0 Å². The molecule has 1 aromatic rings. The van der Waals surface area contributed by atoms with Crippen LogP contribution in [0.1, 0.15) is 48.8 Å². The normalized spacial score (nSPS) is 15.2. The van der Waals surface area contributed by atoms with Crippen LogP contribution in [0.4, 0.5) is 0 Å². The van der Waals surface area contributed by atoms with Crippen molar-refractivity contribution in [2.24, 2.45) is 5.92 Å². The topological polar surface area (TPSA) is 52.1 Å². The zero-order chi connectivity index (χ0) is 11.5. The van der Waals surface area contributed by atoms with E-state index >= 15 is 0 Å². The highest BCUT2D eigenvalue weighted by Crippen LogP contribution is 2.38. The first kappa shape index (κ1) is 11.0. The first-order chi connectivity index (χ1) is 7.70. The van der Waals surface area contributed by atoms with E-state index in [1.54, 1.807) is 6.20 Å². The van der Waals surface area contributed by atoms with Gasteiger partial charge >= 0.3 is 0 Å². The van der Waals surface area contributed by atoms with Gasteiger partial charge in [-0.05, 0) is 18.8 Å². The third-order valence-electron chi connectivity index (χ3n) is 2.42. The predicted molar refractivity (Wildman–Crippen MR) is 59.7 cm³/mol. The Hall–Kier alpha value is -1.45. The van der Waals surface area contributed by atoms with Crippen LogP contribution in [0.3, 0.4) is 0 Å². The number of aldehydes is 1. The van der Waals surface area contributed by atoms with Gasteiger partial charge in [0, 0.05) is 12.1 Å². The van der Waals surface area contributed by atoms with Gasteiger partial charge in [-0.3, -0.25) is 4.79 Å². The molecule has 2 rings (SSSR count). The zero-order valence-electron chi connectivity index (χ0n) is 9.64. The van der Waals surface area contributed by atoms with E-state index in [1.807, 2.05) is 0 Å².